The Morgan fingerprint density at radius 1 is 1.30 bits per heavy atom. The number of rotatable bonds is 3. The van der Waals surface area contributed by atoms with Crippen molar-refractivity contribution in [3.63, 3.8) is 0 Å². The lowest BCUT2D eigenvalue weighted by Crippen LogP contribution is -2.47. The van der Waals surface area contributed by atoms with Gasteiger partial charge in [-0.1, -0.05) is 30.3 Å². The van der Waals surface area contributed by atoms with Crippen LogP contribution in [0.2, 0.25) is 0 Å². The van der Waals surface area contributed by atoms with Gasteiger partial charge in [0.15, 0.2) is 0 Å². The summed E-state index contributed by atoms with van der Waals surface area (Å²) >= 11 is 0. The summed E-state index contributed by atoms with van der Waals surface area (Å²) in [5.74, 6) is -0.0163. The van der Waals surface area contributed by atoms with Crippen LogP contribution in [0.5, 0.6) is 0 Å². The van der Waals surface area contributed by atoms with Gasteiger partial charge in [0.05, 0.1) is 6.04 Å². The van der Waals surface area contributed by atoms with E-state index in [-0.39, 0.29) is 36.7 Å². The largest absolute Gasteiger partial charge is 0.460 e. The minimum atomic E-state index is -0.323. The molecule has 2 bridgehead atoms. The van der Waals surface area contributed by atoms with Crippen molar-refractivity contribution in [2.45, 2.75) is 32.1 Å². The summed E-state index contributed by atoms with van der Waals surface area (Å²) in [6.07, 6.45) is 0.436. The molecular formula is C15H17NO4. The average Bonchev–Trinajstić information content (AvgIpc) is 3.02. The highest BCUT2D eigenvalue weighted by molar-refractivity contribution is 5.70. The molecule has 0 spiro atoms. The van der Waals surface area contributed by atoms with Crippen molar-refractivity contribution in [1.82, 2.24) is 4.90 Å². The van der Waals surface area contributed by atoms with E-state index < -0.39 is 0 Å². The van der Waals surface area contributed by atoms with E-state index in [1.54, 1.807) is 4.90 Å². The van der Waals surface area contributed by atoms with Crippen LogP contribution in [0, 0.1) is 5.92 Å². The smallest absolute Gasteiger partial charge is 0.410 e. The van der Waals surface area contributed by atoms with E-state index in [0.717, 1.165) is 12.0 Å². The second kappa shape index (κ2) is 5.15. The van der Waals surface area contributed by atoms with E-state index in [0.29, 0.717) is 6.54 Å². The molecular weight excluding hydrogens is 258 g/mol. The summed E-state index contributed by atoms with van der Waals surface area (Å²) in [6.45, 7) is 2.29. The van der Waals surface area contributed by atoms with Crippen molar-refractivity contribution in [1.29, 1.82) is 0 Å². The first-order valence-corrected chi connectivity index (χ1v) is 6.79. The number of carbonyl (C=O) groups is 2. The molecule has 4 rings (SSSR count). The molecule has 0 radical (unpaired) electrons. The number of amides is 1. The Balaban J connectivity index is 1.53. The molecule has 1 aliphatic carbocycles. The molecule has 1 amide bonds. The highest BCUT2D eigenvalue weighted by Gasteiger charge is 2.56. The van der Waals surface area contributed by atoms with Gasteiger partial charge in [0.1, 0.15) is 12.7 Å². The number of fused-ring (bicyclic) bond motifs is 1. The monoisotopic (exact) mass is 275 g/mol. The second-order valence-electron chi connectivity index (χ2n) is 5.33. The Kier molecular flexibility index (Phi) is 3.34. The van der Waals surface area contributed by atoms with Crippen molar-refractivity contribution in [3.8, 4) is 0 Å². The topological polar surface area (TPSA) is 55.8 Å². The number of hydrogen-bond acceptors (Lipinski definition) is 4. The summed E-state index contributed by atoms with van der Waals surface area (Å²) < 4.78 is 10.5. The van der Waals surface area contributed by atoms with Gasteiger partial charge in [-0.15, -0.1) is 0 Å². The third kappa shape index (κ3) is 2.35. The van der Waals surface area contributed by atoms with Crippen LogP contribution in [-0.2, 0) is 20.9 Å². The van der Waals surface area contributed by atoms with Gasteiger partial charge in [-0.3, -0.25) is 4.79 Å². The minimum absolute atomic E-state index is 0.00725. The van der Waals surface area contributed by atoms with Gasteiger partial charge in [0.25, 0.3) is 0 Å². The van der Waals surface area contributed by atoms with E-state index in [9.17, 15) is 9.59 Å². The molecule has 3 fully saturated rings. The number of nitrogens with zero attached hydrogens (tertiary/aromatic N) is 1. The molecule has 0 aromatic heterocycles. The van der Waals surface area contributed by atoms with Crippen LogP contribution < -0.4 is 0 Å². The summed E-state index contributed by atoms with van der Waals surface area (Å²) in [4.78, 5) is 24.7. The molecule has 1 aromatic rings. The maximum Gasteiger partial charge on any atom is 0.410 e. The number of ether oxygens (including phenoxy) is 2. The minimum Gasteiger partial charge on any atom is -0.460 e. The lowest BCUT2D eigenvalue weighted by molar-refractivity contribution is -0.154. The first-order valence-electron chi connectivity index (χ1n) is 6.79. The van der Waals surface area contributed by atoms with Crippen LogP contribution in [0.15, 0.2) is 30.3 Å². The van der Waals surface area contributed by atoms with Crippen LogP contribution in [0.25, 0.3) is 0 Å². The SMILES string of the molecule is CC(=O)O[C@@H]1[C@@H]2C[C@H]1N(C(=O)OCc1ccccc1)C2. The predicted octanol–water partition coefficient (Wildman–Crippen LogP) is 1.96. The lowest BCUT2D eigenvalue weighted by atomic mass is 9.82. The quantitative estimate of drug-likeness (QED) is 0.791. The van der Waals surface area contributed by atoms with Crippen molar-refractivity contribution in [2.24, 2.45) is 5.92 Å². The van der Waals surface area contributed by atoms with E-state index in [2.05, 4.69) is 0 Å². The Hall–Kier alpha value is -2.04. The molecule has 5 nitrogen and oxygen atoms in total. The Morgan fingerprint density at radius 2 is 2.05 bits per heavy atom. The number of carbonyl (C=O) groups excluding carboxylic acids is 2. The average molecular weight is 275 g/mol. The molecule has 1 saturated carbocycles. The molecule has 0 N–H and O–H groups in total. The van der Waals surface area contributed by atoms with E-state index in [1.165, 1.54) is 6.92 Å². The van der Waals surface area contributed by atoms with Gasteiger partial charge in [0.2, 0.25) is 0 Å². The summed E-state index contributed by atoms with van der Waals surface area (Å²) in [6, 6.07) is 9.56. The third-order valence-electron chi connectivity index (χ3n) is 3.96. The number of hydrogen-bond donors (Lipinski definition) is 0. The molecule has 0 unspecified atom stereocenters. The van der Waals surface area contributed by atoms with Gasteiger partial charge < -0.3 is 14.4 Å². The maximum atomic E-state index is 12.1. The molecule has 2 saturated heterocycles. The van der Waals surface area contributed by atoms with Crippen LogP contribution in [-0.4, -0.2) is 35.7 Å². The van der Waals surface area contributed by atoms with Crippen LogP contribution >= 0.6 is 0 Å². The van der Waals surface area contributed by atoms with Gasteiger partial charge >= 0.3 is 12.1 Å². The Labute approximate surface area is 117 Å². The van der Waals surface area contributed by atoms with Crippen LogP contribution in [0.3, 0.4) is 0 Å². The first kappa shape index (κ1) is 13.0. The fourth-order valence-corrected chi connectivity index (χ4v) is 2.95. The normalized spacial score (nSPS) is 26.9. The zero-order chi connectivity index (χ0) is 14.1. The van der Waals surface area contributed by atoms with Crippen molar-refractivity contribution in [2.75, 3.05) is 6.54 Å². The lowest BCUT2D eigenvalue weighted by Gasteiger charge is -2.34. The van der Waals surface area contributed by atoms with E-state index >= 15 is 0 Å². The molecule has 2 heterocycles. The molecule has 2 aliphatic heterocycles. The van der Waals surface area contributed by atoms with Gasteiger partial charge in [-0.2, -0.15) is 0 Å². The van der Waals surface area contributed by atoms with Crippen molar-refractivity contribution < 1.29 is 19.1 Å². The van der Waals surface area contributed by atoms with Gasteiger partial charge in [-0.05, 0) is 12.0 Å². The predicted molar refractivity (Wildman–Crippen MR) is 70.8 cm³/mol. The number of esters is 1. The summed E-state index contributed by atoms with van der Waals surface area (Å²) in [5, 5.41) is 0. The molecule has 5 heteroatoms. The Bertz CT molecular complexity index is 516. The fraction of sp³-hybridized carbons (Fsp3) is 0.467. The molecule has 1 aromatic carbocycles. The first-order chi connectivity index (χ1) is 9.65. The molecule has 106 valence electrons. The Morgan fingerprint density at radius 3 is 2.75 bits per heavy atom. The molecule has 3 atom stereocenters. The van der Waals surface area contributed by atoms with Crippen LogP contribution in [0.1, 0.15) is 18.9 Å². The van der Waals surface area contributed by atoms with E-state index in [1.807, 2.05) is 30.3 Å². The summed E-state index contributed by atoms with van der Waals surface area (Å²) in [5.41, 5.74) is 0.962. The zero-order valence-electron chi connectivity index (χ0n) is 11.3. The summed E-state index contributed by atoms with van der Waals surface area (Å²) in [7, 11) is 0. The zero-order valence-corrected chi connectivity index (χ0v) is 11.3. The van der Waals surface area contributed by atoms with Crippen molar-refractivity contribution >= 4 is 12.1 Å². The van der Waals surface area contributed by atoms with Crippen molar-refractivity contribution in [3.05, 3.63) is 35.9 Å². The highest BCUT2D eigenvalue weighted by Crippen LogP contribution is 2.43. The highest BCUT2D eigenvalue weighted by atomic mass is 16.6. The molecule has 3 aliphatic rings. The number of benzene rings is 1. The maximum absolute atomic E-state index is 12.1. The third-order valence-corrected chi connectivity index (χ3v) is 3.96. The van der Waals surface area contributed by atoms with Crippen LogP contribution in [0.4, 0.5) is 4.79 Å². The second-order valence-corrected chi connectivity index (χ2v) is 5.33. The van der Waals surface area contributed by atoms with Gasteiger partial charge in [-0.25, -0.2) is 4.79 Å². The van der Waals surface area contributed by atoms with E-state index in [4.69, 9.17) is 9.47 Å². The fourth-order valence-electron chi connectivity index (χ4n) is 2.95. The molecule has 20 heavy (non-hydrogen) atoms. The van der Waals surface area contributed by atoms with Gasteiger partial charge in [0, 0.05) is 19.4 Å². The standard InChI is InChI=1S/C15H17NO4/c1-10(17)20-14-12-7-13(14)16(8-12)15(18)19-9-11-5-3-2-4-6-11/h2-6,12-14H,7-9H2,1H3/t12-,13-,14-/m1/s1.